The van der Waals surface area contributed by atoms with Gasteiger partial charge in [0, 0.05) is 0 Å². The van der Waals surface area contributed by atoms with Gasteiger partial charge in [0.05, 0.1) is 23.9 Å². The maximum Gasteiger partial charge on any atom is 0.206 e. The molecule has 0 aliphatic rings. The van der Waals surface area contributed by atoms with Crippen molar-refractivity contribution in [3.05, 3.63) is 53.1 Å². The SMILES string of the molecule is CC.CCCC.CCCCCCOc1c(F)c(F)c(N=Nc2ccc(C#N)cc2)c(F)c1F. The number of halogens is 4. The van der Waals surface area contributed by atoms with Crippen LogP contribution in [0.15, 0.2) is 34.5 Å². The van der Waals surface area contributed by atoms with Gasteiger partial charge >= 0.3 is 0 Å². The Hall–Kier alpha value is -2.95. The van der Waals surface area contributed by atoms with Gasteiger partial charge in [-0.3, -0.25) is 0 Å². The molecule has 0 N–H and O–H groups in total. The van der Waals surface area contributed by atoms with Crippen molar-refractivity contribution in [3.63, 3.8) is 0 Å². The lowest BCUT2D eigenvalue weighted by atomic mass is 10.2. The maximum absolute atomic E-state index is 14.1. The van der Waals surface area contributed by atoms with E-state index in [1.54, 1.807) is 0 Å². The Bertz CT molecular complexity index is 863. The molecule has 2 aromatic carbocycles. The third kappa shape index (κ3) is 10.0. The van der Waals surface area contributed by atoms with Crippen molar-refractivity contribution in [1.29, 1.82) is 5.26 Å². The van der Waals surface area contributed by atoms with Crippen LogP contribution in [0.25, 0.3) is 0 Å². The van der Waals surface area contributed by atoms with Crippen LogP contribution in [0, 0.1) is 34.6 Å². The van der Waals surface area contributed by atoms with Crippen LogP contribution in [-0.4, -0.2) is 6.61 Å². The van der Waals surface area contributed by atoms with Gasteiger partial charge in [-0.25, -0.2) is 8.78 Å². The minimum absolute atomic E-state index is 0.0567. The molecular formula is C25H33F4N3O. The Morgan fingerprint density at radius 2 is 1.30 bits per heavy atom. The van der Waals surface area contributed by atoms with E-state index in [1.165, 1.54) is 37.1 Å². The molecule has 0 unspecified atom stereocenters. The molecule has 182 valence electrons. The minimum Gasteiger partial charge on any atom is -0.487 e. The first-order valence-electron chi connectivity index (χ1n) is 11.3. The van der Waals surface area contributed by atoms with Gasteiger partial charge in [0.2, 0.25) is 11.6 Å². The predicted molar refractivity (Wildman–Crippen MR) is 123 cm³/mol. The van der Waals surface area contributed by atoms with E-state index in [9.17, 15) is 17.6 Å². The molecule has 0 aromatic heterocycles. The van der Waals surface area contributed by atoms with Crippen LogP contribution < -0.4 is 4.74 Å². The molecular weight excluding hydrogens is 434 g/mol. The van der Waals surface area contributed by atoms with Crippen LogP contribution in [0.1, 0.15) is 78.7 Å². The Labute approximate surface area is 194 Å². The fourth-order valence-electron chi connectivity index (χ4n) is 2.23. The second kappa shape index (κ2) is 17.6. The van der Waals surface area contributed by atoms with Gasteiger partial charge in [0.1, 0.15) is 0 Å². The van der Waals surface area contributed by atoms with Gasteiger partial charge in [-0.1, -0.05) is 66.7 Å². The molecule has 33 heavy (non-hydrogen) atoms. The fourth-order valence-corrected chi connectivity index (χ4v) is 2.23. The Balaban J connectivity index is 0.00000154. The second-order valence-electron chi connectivity index (χ2n) is 6.70. The highest BCUT2D eigenvalue weighted by molar-refractivity contribution is 5.48. The molecule has 8 heteroatoms. The molecule has 0 saturated heterocycles. The smallest absolute Gasteiger partial charge is 0.206 e. The topological polar surface area (TPSA) is 57.7 Å². The number of azo groups is 1. The summed E-state index contributed by atoms with van der Waals surface area (Å²) in [5.41, 5.74) is -0.679. The summed E-state index contributed by atoms with van der Waals surface area (Å²) >= 11 is 0. The van der Waals surface area contributed by atoms with E-state index in [0.717, 1.165) is 19.3 Å². The lowest BCUT2D eigenvalue weighted by molar-refractivity contribution is 0.264. The van der Waals surface area contributed by atoms with Crippen molar-refractivity contribution >= 4 is 11.4 Å². The van der Waals surface area contributed by atoms with Crippen molar-refractivity contribution in [3.8, 4) is 11.8 Å². The summed E-state index contributed by atoms with van der Waals surface area (Å²) in [6, 6.07) is 7.47. The van der Waals surface area contributed by atoms with Crippen molar-refractivity contribution < 1.29 is 22.3 Å². The molecule has 2 aromatic rings. The molecule has 0 atom stereocenters. The number of ether oxygens (including phenoxy) is 1. The highest BCUT2D eigenvalue weighted by atomic mass is 19.2. The number of nitrogens with zero attached hydrogens (tertiary/aromatic N) is 3. The summed E-state index contributed by atoms with van der Waals surface area (Å²) < 4.78 is 61.2. The maximum atomic E-state index is 14.1. The van der Waals surface area contributed by atoms with Gasteiger partial charge in [0.25, 0.3) is 0 Å². The van der Waals surface area contributed by atoms with E-state index in [-0.39, 0.29) is 12.3 Å². The molecule has 0 aliphatic carbocycles. The van der Waals surface area contributed by atoms with E-state index in [0.29, 0.717) is 12.0 Å². The molecule has 0 heterocycles. The van der Waals surface area contributed by atoms with E-state index < -0.39 is 34.7 Å². The number of nitriles is 1. The van der Waals surface area contributed by atoms with Gasteiger partial charge in [-0.05, 0) is 30.7 Å². The first-order chi connectivity index (χ1) is 15.9. The zero-order valence-corrected chi connectivity index (χ0v) is 20.0. The van der Waals surface area contributed by atoms with Crippen LogP contribution in [-0.2, 0) is 0 Å². The van der Waals surface area contributed by atoms with Crippen LogP contribution in [0.4, 0.5) is 28.9 Å². The molecule has 4 nitrogen and oxygen atoms in total. The summed E-state index contributed by atoms with van der Waals surface area (Å²) in [6.45, 7) is 10.3. The fraction of sp³-hybridized carbons (Fsp3) is 0.480. The third-order valence-electron chi connectivity index (χ3n) is 4.21. The van der Waals surface area contributed by atoms with E-state index in [1.807, 2.05) is 26.8 Å². The van der Waals surface area contributed by atoms with Crippen LogP contribution in [0.2, 0.25) is 0 Å². The molecule has 0 amide bonds. The Morgan fingerprint density at radius 3 is 1.76 bits per heavy atom. The monoisotopic (exact) mass is 467 g/mol. The summed E-state index contributed by atoms with van der Waals surface area (Å²) in [7, 11) is 0. The second-order valence-corrected chi connectivity index (χ2v) is 6.70. The molecule has 0 bridgehead atoms. The van der Waals surface area contributed by atoms with Crippen LogP contribution in [0.3, 0.4) is 0 Å². The lowest BCUT2D eigenvalue weighted by Crippen LogP contribution is -2.05. The van der Waals surface area contributed by atoms with Crippen LogP contribution in [0.5, 0.6) is 5.75 Å². The normalized spacial score (nSPS) is 10.1. The van der Waals surface area contributed by atoms with Gasteiger partial charge in [-0.2, -0.15) is 19.2 Å². The van der Waals surface area contributed by atoms with E-state index >= 15 is 0 Å². The van der Waals surface area contributed by atoms with Gasteiger partial charge in [-0.15, -0.1) is 5.11 Å². The molecule has 0 saturated carbocycles. The van der Waals surface area contributed by atoms with Crippen LogP contribution >= 0.6 is 0 Å². The molecule has 0 radical (unpaired) electrons. The third-order valence-corrected chi connectivity index (χ3v) is 4.21. The zero-order valence-electron chi connectivity index (χ0n) is 20.0. The predicted octanol–water partition coefficient (Wildman–Crippen LogP) is 9.32. The first kappa shape index (κ1) is 30.0. The number of hydrogen-bond donors (Lipinski definition) is 0. The number of benzene rings is 2. The average molecular weight is 468 g/mol. The summed E-state index contributed by atoms with van der Waals surface area (Å²) in [4.78, 5) is 0. The van der Waals surface area contributed by atoms with E-state index in [2.05, 4.69) is 24.1 Å². The Morgan fingerprint density at radius 1 is 0.758 bits per heavy atom. The first-order valence-corrected chi connectivity index (χ1v) is 11.3. The van der Waals surface area contributed by atoms with Gasteiger partial charge in [0.15, 0.2) is 23.1 Å². The standard InChI is InChI=1S/C19H17F4N3O.C4H10.C2H6/c1-2-3-4-5-10-27-19-16(22)14(20)18(15(21)17(19)23)26-25-13-8-6-12(11-24)7-9-13;1-3-4-2;1-2/h6-9H,2-5,10H2,1H3;3-4H2,1-2H3;1-2H3. The zero-order chi connectivity index (χ0) is 25.2. The summed E-state index contributed by atoms with van der Waals surface area (Å²) in [6.07, 6.45) is 5.81. The largest absolute Gasteiger partial charge is 0.487 e. The lowest BCUT2D eigenvalue weighted by Gasteiger charge is -2.10. The number of rotatable bonds is 9. The van der Waals surface area contributed by atoms with Crippen molar-refractivity contribution in [1.82, 2.24) is 0 Å². The van der Waals surface area contributed by atoms with Crippen molar-refractivity contribution in [2.24, 2.45) is 10.2 Å². The van der Waals surface area contributed by atoms with Crippen molar-refractivity contribution in [2.45, 2.75) is 73.1 Å². The minimum atomic E-state index is -1.69. The highest BCUT2D eigenvalue weighted by Gasteiger charge is 2.27. The molecule has 0 aliphatic heterocycles. The Kier molecular flexibility index (Phi) is 16.0. The number of unbranched alkanes of at least 4 members (excludes halogenated alkanes) is 4. The quantitative estimate of drug-likeness (QED) is 0.160. The highest BCUT2D eigenvalue weighted by Crippen LogP contribution is 2.35. The molecule has 0 spiro atoms. The molecule has 0 fully saturated rings. The van der Waals surface area contributed by atoms with Gasteiger partial charge < -0.3 is 4.74 Å². The summed E-state index contributed by atoms with van der Waals surface area (Å²) in [5.74, 6) is -7.78. The summed E-state index contributed by atoms with van der Waals surface area (Å²) in [5, 5.41) is 15.5. The average Bonchev–Trinajstić information content (AvgIpc) is 2.86. The van der Waals surface area contributed by atoms with Crippen molar-refractivity contribution in [2.75, 3.05) is 6.61 Å². The molecule has 2 rings (SSSR count). The van der Waals surface area contributed by atoms with E-state index in [4.69, 9.17) is 10.00 Å². The number of hydrogen-bond acceptors (Lipinski definition) is 4.